The third kappa shape index (κ3) is 3.76. The second-order valence-corrected chi connectivity index (χ2v) is 7.20. The van der Waals surface area contributed by atoms with Crippen LogP contribution in [-0.4, -0.2) is 35.2 Å². The number of aryl methyl sites for hydroxylation is 1. The van der Waals surface area contributed by atoms with Gasteiger partial charge in [-0.25, -0.2) is 13.2 Å². The number of methoxy groups -OCH3 is 2. The zero-order chi connectivity index (χ0) is 18.6. The molecule has 0 aliphatic carbocycles. The summed E-state index contributed by atoms with van der Waals surface area (Å²) >= 11 is 0. The highest BCUT2D eigenvalue weighted by molar-refractivity contribution is 7.92. The minimum Gasteiger partial charge on any atom is -0.497 e. The van der Waals surface area contributed by atoms with E-state index in [2.05, 4.69) is 0 Å². The van der Waals surface area contributed by atoms with Crippen LogP contribution in [0.15, 0.2) is 47.4 Å². The Morgan fingerprint density at radius 2 is 1.72 bits per heavy atom. The summed E-state index contributed by atoms with van der Waals surface area (Å²) in [7, 11) is -0.973. The van der Waals surface area contributed by atoms with Crippen LogP contribution in [0.2, 0.25) is 0 Å². The van der Waals surface area contributed by atoms with Crippen LogP contribution < -0.4 is 9.04 Å². The molecule has 0 amide bonds. The summed E-state index contributed by atoms with van der Waals surface area (Å²) in [5.74, 6) is 0.0602. The fraction of sp³-hybridized carbons (Fsp3) is 0.278. The first-order valence-electron chi connectivity index (χ1n) is 7.71. The molecule has 0 bridgehead atoms. The number of hydrogen-bond donors (Lipinski definition) is 0. The first-order valence-corrected chi connectivity index (χ1v) is 9.15. The molecular weight excluding hydrogens is 342 g/mol. The Balaban J connectivity index is 2.52. The molecule has 0 spiro atoms. The predicted molar refractivity (Wildman–Crippen MR) is 95.7 cm³/mol. The topological polar surface area (TPSA) is 72.9 Å². The van der Waals surface area contributed by atoms with E-state index in [1.165, 1.54) is 36.7 Å². The first kappa shape index (κ1) is 18.8. The summed E-state index contributed by atoms with van der Waals surface area (Å²) in [5.41, 5.74) is 1.49. The predicted octanol–water partition coefficient (Wildman–Crippen LogP) is 3.01. The largest absolute Gasteiger partial charge is 0.497 e. The average molecular weight is 363 g/mol. The van der Waals surface area contributed by atoms with Crippen molar-refractivity contribution in [2.45, 2.75) is 18.7 Å². The van der Waals surface area contributed by atoms with Gasteiger partial charge in [0.05, 0.1) is 30.4 Å². The Morgan fingerprint density at radius 1 is 1.08 bits per heavy atom. The molecule has 6 nitrogen and oxygen atoms in total. The highest BCUT2D eigenvalue weighted by atomic mass is 32.2. The van der Waals surface area contributed by atoms with Crippen molar-refractivity contribution < 1.29 is 22.7 Å². The van der Waals surface area contributed by atoms with E-state index in [4.69, 9.17) is 9.47 Å². The van der Waals surface area contributed by atoms with Crippen LogP contribution in [0.4, 0.5) is 5.69 Å². The van der Waals surface area contributed by atoms with E-state index in [-0.39, 0.29) is 11.4 Å². The Labute approximate surface area is 148 Å². The lowest BCUT2D eigenvalue weighted by Crippen LogP contribution is -2.31. The number of hydrogen-bond acceptors (Lipinski definition) is 5. The number of carbonyl (C=O) groups is 1. The molecule has 2 aromatic rings. The molecule has 0 N–H and O–H groups in total. The molecule has 134 valence electrons. The molecule has 0 aliphatic heterocycles. The van der Waals surface area contributed by atoms with Crippen LogP contribution in [0, 0.1) is 6.92 Å². The fourth-order valence-electron chi connectivity index (χ4n) is 2.47. The van der Waals surface area contributed by atoms with Crippen molar-refractivity contribution in [3.63, 3.8) is 0 Å². The van der Waals surface area contributed by atoms with Crippen molar-refractivity contribution >= 4 is 21.7 Å². The van der Waals surface area contributed by atoms with Gasteiger partial charge in [0, 0.05) is 6.54 Å². The highest BCUT2D eigenvalue weighted by Crippen LogP contribution is 2.28. The molecule has 25 heavy (non-hydrogen) atoms. The van der Waals surface area contributed by atoms with Crippen LogP contribution in [0.1, 0.15) is 22.8 Å². The molecule has 2 aromatic carbocycles. The van der Waals surface area contributed by atoms with Gasteiger partial charge in [0.25, 0.3) is 10.0 Å². The lowest BCUT2D eigenvalue weighted by molar-refractivity contribution is 0.0600. The number of rotatable bonds is 6. The smallest absolute Gasteiger partial charge is 0.337 e. The molecular formula is C18H21NO5S. The molecule has 7 heteroatoms. The number of benzene rings is 2. The monoisotopic (exact) mass is 363 g/mol. The quantitative estimate of drug-likeness (QED) is 0.738. The average Bonchev–Trinajstić information content (AvgIpc) is 2.63. The molecule has 0 aromatic heterocycles. The maximum atomic E-state index is 13.0. The summed E-state index contributed by atoms with van der Waals surface area (Å²) in [4.78, 5) is 11.9. The van der Waals surface area contributed by atoms with Gasteiger partial charge in [-0.1, -0.05) is 6.07 Å². The van der Waals surface area contributed by atoms with E-state index >= 15 is 0 Å². The van der Waals surface area contributed by atoms with Gasteiger partial charge >= 0.3 is 5.97 Å². The van der Waals surface area contributed by atoms with Gasteiger partial charge in [-0.05, 0) is 55.8 Å². The number of esters is 1. The Morgan fingerprint density at radius 3 is 2.24 bits per heavy atom. The zero-order valence-corrected chi connectivity index (χ0v) is 15.5. The van der Waals surface area contributed by atoms with Crippen molar-refractivity contribution in [1.29, 1.82) is 0 Å². The minimum absolute atomic E-state index is 0.151. The maximum absolute atomic E-state index is 13.0. The highest BCUT2D eigenvalue weighted by Gasteiger charge is 2.25. The van der Waals surface area contributed by atoms with E-state index < -0.39 is 16.0 Å². The van der Waals surface area contributed by atoms with Gasteiger partial charge in [-0.3, -0.25) is 4.31 Å². The number of ether oxygens (including phenoxy) is 2. The van der Waals surface area contributed by atoms with Gasteiger partial charge in [0.2, 0.25) is 0 Å². The van der Waals surface area contributed by atoms with Gasteiger partial charge < -0.3 is 9.47 Å². The van der Waals surface area contributed by atoms with Gasteiger partial charge in [0.15, 0.2) is 0 Å². The molecule has 0 saturated heterocycles. The lowest BCUT2D eigenvalue weighted by atomic mass is 10.1. The zero-order valence-electron chi connectivity index (χ0n) is 14.6. The van der Waals surface area contributed by atoms with Crippen molar-refractivity contribution in [1.82, 2.24) is 0 Å². The summed E-state index contributed by atoms with van der Waals surface area (Å²) in [6.07, 6.45) is 0. The van der Waals surface area contributed by atoms with Crippen LogP contribution in [0.3, 0.4) is 0 Å². The van der Waals surface area contributed by atoms with Crippen LogP contribution in [0.5, 0.6) is 5.75 Å². The Bertz CT molecular complexity index is 860. The third-order valence-electron chi connectivity index (χ3n) is 3.83. The van der Waals surface area contributed by atoms with E-state index in [0.717, 1.165) is 5.56 Å². The van der Waals surface area contributed by atoms with E-state index in [9.17, 15) is 13.2 Å². The Hall–Kier alpha value is -2.54. The van der Waals surface area contributed by atoms with Gasteiger partial charge in [-0.15, -0.1) is 0 Å². The van der Waals surface area contributed by atoms with Crippen molar-refractivity contribution in [2.75, 3.05) is 25.1 Å². The number of sulfonamides is 1. The number of nitrogens with zero attached hydrogens (tertiary/aromatic N) is 1. The molecule has 0 saturated carbocycles. The summed E-state index contributed by atoms with van der Waals surface area (Å²) in [5, 5.41) is 0. The molecule has 0 fully saturated rings. The summed E-state index contributed by atoms with van der Waals surface area (Å²) in [6, 6.07) is 11.0. The molecule has 0 aliphatic rings. The van der Waals surface area contributed by atoms with Crippen LogP contribution in [-0.2, 0) is 14.8 Å². The third-order valence-corrected chi connectivity index (χ3v) is 5.74. The van der Waals surface area contributed by atoms with E-state index in [1.54, 1.807) is 38.1 Å². The summed E-state index contributed by atoms with van der Waals surface area (Å²) < 4.78 is 37.1. The second-order valence-electron chi connectivity index (χ2n) is 5.34. The molecule has 0 heterocycles. The number of carbonyl (C=O) groups excluding carboxylic acids is 1. The molecule has 0 radical (unpaired) electrons. The van der Waals surface area contributed by atoms with Gasteiger partial charge in [0.1, 0.15) is 5.75 Å². The maximum Gasteiger partial charge on any atom is 0.337 e. The fourth-order valence-corrected chi connectivity index (χ4v) is 4.00. The SMILES string of the molecule is CCN(c1cc(C(=O)OC)ccc1C)S(=O)(=O)c1ccc(OC)cc1. The normalized spacial score (nSPS) is 11.0. The standard InChI is InChI=1S/C18H21NO5S/c1-5-19(17-12-14(18(20)24-4)7-6-13(17)2)25(21,22)16-10-8-15(23-3)9-11-16/h6-12H,5H2,1-4H3. The molecule has 0 unspecified atom stereocenters. The first-order chi connectivity index (χ1) is 11.8. The lowest BCUT2D eigenvalue weighted by Gasteiger charge is -2.25. The second kappa shape index (κ2) is 7.57. The van der Waals surface area contributed by atoms with Crippen molar-refractivity contribution in [3.8, 4) is 5.75 Å². The van der Waals surface area contributed by atoms with Crippen LogP contribution >= 0.6 is 0 Å². The van der Waals surface area contributed by atoms with Crippen LogP contribution in [0.25, 0.3) is 0 Å². The number of anilines is 1. The Kier molecular flexibility index (Phi) is 5.69. The summed E-state index contributed by atoms with van der Waals surface area (Å²) in [6.45, 7) is 3.76. The molecule has 2 rings (SSSR count). The van der Waals surface area contributed by atoms with E-state index in [1.807, 2.05) is 0 Å². The van der Waals surface area contributed by atoms with Gasteiger partial charge in [-0.2, -0.15) is 0 Å². The van der Waals surface area contributed by atoms with Crippen molar-refractivity contribution in [2.24, 2.45) is 0 Å². The minimum atomic E-state index is -3.78. The van der Waals surface area contributed by atoms with E-state index in [0.29, 0.717) is 17.0 Å². The molecule has 0 atom stereocenters. The van der Waals surface area contributed by atoms with Crippen molar-refractivity contribution in [3.05, 3.63) is 53.6 Å².